The standard InChI is InChI=1S/C16H29NO/c1-14(2)8-10-16(11-9-14)13-17-12-15(18-16)6-4-3-5-7-15/h17H,3-13H2,1-2H3. The van der Waals surface area contributed by atoms with Crippen molar-refractivity contribution in [1.29, 1.82) is 0 Å². The van der Waals surface area contributed by atoms with Crippen LogP contribution in [0.15, 0.2) is 0 Å². The number of hydrogen-bond donors (Lipinski definition) is 1. The van der Waals surface area contributed by atoms with Gasteiger partial charge in [0, 0.05) is 13.1 Å². The minimum Gasteiger partial charge on any atom is -0.366 e. The largest absolute Gasteiger partial charge is 0.366 e. The summed E-state index contributed by atoms with van der Waals surface area (Å²) >= 11 is 0. The summed E-state index contributed by atoms with van der Waals surface area (Å²) in [5.74, 6) is 0. The van der Waals surface area contributed by atoms with Crippen LogP contribution in [0.1, 0.15) is 71.6 Å². The summed E-state index contributed by atoms with van der Waals surface area (Å²) in [5, 5.41) is 3.71. The van der Waals surface area contributed by atoms with E-state index in [1.54, 1.807) is 0 Å². The van der Waals surface area contributed by atoms with Crippen molar-refractivity contribution in [2.45, 2.75) is 82.8 Å². The normalized spacial score (nSPS) is 33.7. The van der Waals surface area contributed by atoms with Gasteiger partial charge in [-0.3, -0.25) is 0 Å². The van der Waals surface area contributed by atoms with E-state index in [0.29, 0.717) is 5.41 Å². The van der Waals surface area contributed by atoms with Crippen molar-refractivity contribution < 1.29 is 4.74 Å². The van der Waals surface area contributed by atoms with Crippen molar-refractivity contribution in [2.75, 3.05) is 13.1 Å². The maximum atomic E-state index is 6.77. The maximum absolute atomic E-state index is 6.77. The third kappa shape index (κ3) is 2.46. The van der Waals surface area contributed by atoms with Crippen molar-refractivity contribution in [2.24, 2.45) is 5.41 Å². The maximum Gasteiger partial charge on any atom is 0.0814 e. The van der Waals surface area contributed by atoms with Crippen LogP contribution in [0.4, 0.5) is 0 Å². The molecule has 0 aromatic rings. The first kappa shape index (κ1) is 12.9. The molecule has 0 aromatic carbocycles. The first-order valence-electron chi connectivity index (χ1n) is 7.94. The lowest BCUT2D eigenvalue weighted by atomic mass is 9.69. The summed E-state index contributed by atoms with van der Waals surface area (Å²) in [7, 11) is 0. The number of hydrogen-bond acceptors (Lipinski definition) is 2. The second kappa shape index (κ2) is 4.49. The van der Waals surface area contributed by atoms with Gasteiger partial charge >= 0.3 is 0 Å². The second-order valence-corrected chi connectivity index (χ2v) is 7.80. The van der Waals surface area contributed by atoms with E-state index in [-0.39, 0.29) is 11.2 Å². The predicted molar refractivity (Wildman–Crippen MR) is 74.8 cm³/mol. The molecule has 3 fully saturated rings. The monoisotopic (exact) mass is 251 g/mol. The lowest BCUT2D eigenvalue weighted by molar-refractivity contribution is -0.209. The zero-order valence-corrected chi connectivity index (χ0v) is 12.2. The van der Waals surface area contributed by atoms with Gasteiger partial charge in [-0.1, -0.05) is 33.1 Å². The third-order valence-corrected chi connectivity index (χ3v) is 5.61. The van der Waals surface area contributed by atoms with Crippen molar-refractivity contribution in [1.82, 2.24) is 5.32 Å². The van der Waals surface area contributed by atoms with Gasteiger partial charge in [-0.15, -0.1) is 0 Å². The lowest BCUT2D eigenvalue weighted by Gasteiger charge is -2.53. The Balaban J connectivity index is 1.70. The minimum absolute atomic E-state index is 0.172. The Morgan fingerprint density at radius 3 is 1.89 bits per heavy atom. The van der Waals surface area contributed by atoms with Gasteiger partial charge in [-0.2, -0.15) is 0 Å². The number of rotatable bonds is 0. The van der Waals surface area contributed by atoms with Crippen molar-refractivity contribution >= 4 is 0 Å². The van der Waals surface area contributed by atoms with Crippen LogP contribution in [0.25, 0.3) is 0 Å². The van der Waals surface area contributed by atoms with Crippen LogP contribution in [0.2, 0.25) is 0 Å². The summed E-state index contributed by atoms with van der Waals surface area (Å²) in [4.78, 5) is 0. The van der Waals surface area contributed by atoms with Crippen LogP contribution in [0.5, 0.6) is 0 Å². The average molecular weight is 251 g/mol. The van der Waals surface area contributed by atoms with Gasteiger partial charge in [0.1, 0.15) is 0 Å². The van der Waals surface area contributed by atoms with E-state index in [4.69, 9.17) is 4.74 Å². The van der Waals surface area contributed by atoms with E-state index in [9.17, 15) is 0 Å². The molecule has 3 aliphatic rings. The summed E-state index contributed by atoms with van der Waals surface area (Å²) in [5.41, 5.74) is 0.898. The van der Waals surface area contributed by atoms with Crippen molar-refractivity contribution in [3.05, 3.63) is 0 Å². The number of nitrogens with one attached hydrogen (secondary N) is 1. The van der Waals surface area contributed by atoms with Crippen LogP contribution in [0.3, 0.4) is 0 Å². The van der Waals surface area contributed by atoms with Gasteiger partial charge in [0.05, 0.1) is 11.2 Å². The van der Waals surface area contributed by atoms with Gasteiger partial charge in [-0.25, -0.2) is 0 Å². The van der Waals surface area contributed by atoms with Crippen LogP contribution in [-0.2, 0) is 4.74 Å². The first-order valence-corrected chi connectivity index (χ1v) is 7.94. The highest BCUT2D eigenvalue weighted by Crippen LogP contribution is 2.47. The van der Waals surface area contributed by atoms with Gasteiger partial charge in [-0.05, 0) is 43.9 Å². The van der Waals surface area contributed by atoms with E-state index in [1.807, 2.05) is 0 Å². The Kier molecular flexibility index (Phi) is 3.22. The molecule has 2 nitrogen and oxygen atoms in total. The molecule has 3 rings (SSSR count). The Bertz CT molecular complexity index is 289. The number of ether oxygens (including phenoxy) is 1. The Morgan fingerprint density at radius 2 is 1.28 bits per heavy atom. The smallest absolute Gasteiger partial charge is 0.0814 e. The lowest BCUT2D eigenvalue weighted by Crippen LogP contribution is -2.62. The molecule has 2 saturated carbocycles. The van der Waals surface area contributed by atoms with Crippen LogP contribution >= 0.6 is 0 Å². The van der Waals surface area contributed by atoms with Crippen LogP contribution in [0, 0.1) is 5.41 Å². The second-order valence-electron chi connectivity index (χ2n) is 7.80. The predicted octanol–water partition coefficient (Wildman–Crippen LogP) is 3.65. The molecule has 1 heterocycles. The topological polar surface area (TPSA) is 21.3 Å². The Labute approximate surface area is 112 Å². The third-order valence-electron chi connectivity index (χ3n) is 5.61. The molecule has 0 radical (unpaired) electrons. The van der Waals surface area contributed by atoms with Gasteiger partial charge in [0.2, 0.25) is 0 Å². The van der Waals surface area contributed by atoms with E-state index < -0.39 is 0 Å². The SMILES string of the molecule is CC1(C)CCC2(CC1)CNCC1(CCCCC1)O2. The van der Waals surface area contributed by atoms with Crippen LogP contribution < -0.4 is 5.32 Å². The highest BCUT2D eigenvalue weighted by molar-refractivity contribution is 5.01. The highest BCUT2D eigenvalue weighted by Gasteiger charge is 2.48. The molecule has 2 aliphatic carbocycles. The first-order chi connectivity index (χ1) is 8.54. The molecular formula is C16H29NO. The van der Waals surface area contributed by atoms with Crippen molar-refractivity contribution in [3.8, 4) is 0 Å². The molecule has 18 heavy (non-hydrogen) atoms. The Hall–Kier alpha value is -0.0800. The summed E-state index contributed by atoms with van der Waals surface area (Å²) in [6, 6.07) is 0. The fraction of sp³-hybridized carbons (Fsp3) is 1.00. The van der Waals surface area contributed by atoms with E-state index in [2.05, 4.69) is 19.2 Å². The molecule has 104 valence electrons. The summed E-state index contributed by atoms with van der Waals surface area (Å²) in [6.07, 6.45) is 11.9. The summed E-state index contributed by atoms with van der Waals surface area (Å²) < 4.78 is 6.77. The summed E-state index contributed by atoms with van der Waals surface area (Å²) in [6.45, 7) is 7.00. The number of morpholine rings is 1. The zero-order valence-electron chi connectivity index (χ0n) is 12.2. The molecule has 0 atom stereocenters. The van der Waals surface area contributed by atoms with Crippen LogP contribution in [-0.4, -0.2) is 24.3 Å². The quantitative estimate of drug-likeness (QED) is 0.709. The molecular weight excluding hydrogens is 222 g/mol. The molecule has 1 saturated heterocycles. The molecule has 0 amide bonds. The molecule has 0 unspecified atom stereocenters. The minimum atomic E-state index is 0.172. The van der Waals surface area contributed by atoms with Gasteiger partial charge < -0.3 is 10.1 Å². The van der Waals surface area contributed by atoms with E-state index in [1.165, 1.54) is 57.8 Å². The molecule has 2 heteroatoms. The van der Waals surface area contributed by atoms with E-state index >= 15 is 0 Å². The Morgan fingerprint density at radius 1 is 0.722 bits per heavy atom. The molecule has 0 aromatic heterocycles. The average Bonchev–Trinajstić information content (AvgIpc) is 2.35. The van der Waals surface area contributed by atoms with E-state index in [0.717, 1.165) is 13.1 Å². The molecule has 0 bridgehead atoms. The zero-order chi connectivity index (χ0) is 12.7. The fourth-order valence-electron chi connectivity index (χ4n) is 4.19. The van der Waals surface area contributed by atoms with Crippen molar-refractivity contribution in [3.63, 3.8) is 0 Å². The highest BCUT2D eigenvalue weighted by atomic mass is 16.5. The van der Waals surface area contributed by atoms with Gasteiger partial charge in [0.15, 0.2) is 0 Å². The molecule has 1 N–H and O–H groups in total. The molecule has 1 aliphatic heterocycles. The fourth-order valence-corrected chi connectivity index (χ4v) is 4.19. The van der Waals surface area contributed by atoms with Gasteiger partial charge in [0.25, 0.3) is 0 Å². The molecule has 2 spiro atoms.